The Morgan fingerprint density at radius 3 is 2.92 bits per heavy atom. The van der Waals surface area contributed by atoms with Crippen LogP contribution in [0.3, 0.4) is 0 Å². The van der Waals surface area contributed by atoms with E-state index >= 15 is 0 Å². The van der Waals surface area contributed by atoms with E-state index < -0.39 is 10.2 Å². The first-order valence-corrected chi connectivity index (χ1v) is 10.1. The van der Waals surface area contributed by atoms with Crippen molar-refractivity contribution in [1.82, 2.24) is 19.2 Å². The summed E-state index contributed by atoms with van der Waals surface area (Å²) >= 11 is 0. The molecule has 26 heavy (non-hydrogen) atoms. The van der Waals surface area contributed by atoms with Gasteiger partial charge in [0.2, 0.25) is 5.89 Å². The lowest BCUT2D eigenvalue weighted by atomic mass is 10.0. The molecule has 0 radical (unpaired) electrons. The molecular weight excluding hydrogens is 356 g/mol. The molecule has 2 heterocycles. The fourth-order valence-corrected chi connectivity index (χ4v) is 4.34. The Labute approximate surface area is 153 Å². The number of hydrogen-bond acceptors (Lipinski definition) is 6. The second-order valence-electron chi connectivity index (χ2n) is 6.41. The van der Waals surface area contributed by atoms with E-state index in [1.54, 1.807) is 7.11 Å². The van der Waals surface area contributed by atoms with Gasteiger partial charge in [0.1, 0.15) is 0 Å². The predicted molar refractivity (Wildman–Crippen MR) is 95.5 cm³/mol. The van der Waals surface area contributed by atoms with E-state index in [-0.39, 0.29) is 18.4 Å². The third kappa shape index (κ3) is 5.10. The molecule has 1 saturated heterocycles. The molecule has 0 saturated carbocycles. The van der Waals surface area contributed by atoms with E-state index in [4.69, 9.17) is 9.26 Å². The highest BCUT2D eigenvalue weighted by atomic mass is 32.2. The molecule has 3 rings (SSSR count). The average molecular weight is 380 g/mol. The number of hydrogen-bond donors (Lipinski definition) is 1. The highest BCUT2D eigenvalue weighted by Gasteiger charge is 2.29. The van der Waals surface area contributed by atoms with Gasteiger partial charge in [-0.15, -0.1) is 0 Å². The molecular formula is C17H24N4O4S. The highest BCUT2D eigenvalue weighted by molar-refractivity contribution is 7.87. The minimum Gasteiger partial charge on any atom is -0.384 e. The van der Waals surface area contributed by atoms with Gasteiger partial charge in [0.05, 0.1) is 13.2 Å². The van der Waals surface area contributed by atoms with Crippen molar-refractivity contribution in [1.29, 1.82) is 0 Å². The van der Waals surface area contributed by atoms with Crippen LogP contribution in [0.2, 0.25) is 0 Å². The number of piperidine rings is 1. The van der Waals surface area contributed by atoms with E-state index in [2.05, 4.69) is 14.9 Å². The topological polar surface area (TPSA) is 97.6 Å². The standard InChI is InChI=1S/C17H24N4O4S/c1-24-13-15-8-5-9-21(12-15)26(22,23)18-11-17-19-16(20-25-17)10-14-6-3-2-4-7-14/h2-4,6-7,15,18H,5,8-13H2,1H3. The number of nitrogens with zero attached hydrogens (tertiary/aromatic N) is 3. The molecule has 142 valence electrons. The van der Waals surface area contributed by atoms with Crippen molar-refractivity contribution in [3.63, 3.8) is 0 Å². The van der Waals surface area contributed by atoms with Crippen LogP contribution in [-0.4, -0.2) is 49.7 Å². The Bertz CT molecular complexity index is 792. The molecule has 1 aromatic carbocycles. The van der Waals surface area contributed by atoms with Crippen molar-refractivity contribution in [2.45, 2.75) is 25.8 Å². The number of rotatable bonds is 8. The highest BCUT2D eigenvalue weighted by Crippen LogP contribution is 2.19. The molecule has 1 atom stereocenters. The van der Waals surface area contributed by atoms with Crippen LogP contribution < -0.4 is 4.72 Å². The molecule has 9 heteroatoms. The Hall–Kier alpha value is -1.81. The lowest BCUT2D eigenvalue weighted by Crippen LogP contribution is -2.46. The molecule has 1 fully saturated rings. The van der Waals surface area contributed by atoms with Crippen LogP contribution in [0.25, 0.3) is 0 Å². The van der Waals surface area contributed by atoms with Crippen molar-refractivity contribution in [3.05, 3.63) is 47.6 Å². The number of aromatic nitrogens is 2. The Morgan fingerprint density at radius 1 is 1.35 bits per heavy atom. The lowest BCUT2D eigenvalue weighted by Gasteiger charge is -2.31. The van der Waals surface area contributed by atoms with Gasteiger partial charge >= 0.3 is 0 Å². The maximum Gasteiger partial charge on any atom is 0.279 e. The first kappa shape index (κ1) is 19.0. The maximum absolute atomic E-state index is 12.5. The molecule has 1 N–H and O–H groups in total. The number of ether oxygens (including phenoxy) is 1. The normalized spacial score (nSPS) is 18.9. The van der Waals surface area contributed by atoms with Gasteiger partial charge in [0.15, 0.2) is 5.82 Å². The summed E-state index contributed by atoms with van der Waals surface area (Å²) in [7, 11) is -1.95. The van der Waals surface area contributed by atoms with Crippen LogP contribution in [-0.2, 0) is 27.9 Å². The van der Waals surface area contributed by atoms with Gasteiger partial charge in [-0.3, -0.25) is 0 Å². The fraction of sp³-hybridized carbons (Fsp3) is 0.529. The minimum absolute atomic E-state index is 0.0183. The van der Waals surface area contributed by atoms with Crippen LogP contribution in [0.4, 0.5) is 0 Å². The molecule has 1 aliphatic heterocycles. The smallest absolute Gasteiger partial charge is 0.279 e. The average Bonchev–Trinajstić information content (AvgIpc) is 3.09. The molecule has 8 nitrogen and oxygen atoms in total. The zero-order valence-electron chi connectivity index (χ0n) is 14.8. The summed E-state index contributed by atoms with van der Waals surface area (Å²) in [6.07, 6.45) is 2.35. The molecule has 0 bridgehead atoms. The number of nitrogens with one attached hydrogen (secondary N) is 1. The van der Waals surface area contributed by atoms with Gasteiger partial charge in [-0.2, -0.15) is 22.4 Å². The Kier molecular flexibility index (Phi) is 6.36. The Morgan fingerprint density at radius 2 is 2.15 bits per heavy atom. The lowest BCUT2D eigenvalue weighted by molar-refractivity contribution is 0.118. The van der Waals surface area contributed by atoms with Crippen LogP contribution in [0.15, 0.2) is 34.9 Å². The summed E-state index contributed by atoms with van der Waals surface area (Å²) in [5.74, 6) is 1.01. The molecule has 0 amide bonds. The summed E-state index contributed by atoms with van der Waals surface area (Å²) in [6.45, 7) is 1.53. The van der Waals surface area contributed by atoms with Crippen molar-refractivity contribution in [2.24, 2.45) is 5.92 Å². The van der Waals surface area contributed by atoms with Crippen molar-refractivity contribution in [3.8, 4) is 0 Å². The van der Waals surface area contributed by atoms with Gasteiger partial charge in [-0.1, -0.05) is 35.5 Å². The SMILES string of the molecule is COCC1CCCN(S(=O)(=O)NCc2nc(Cc3ccccc3)no2)C1. The predicted octanol–water partition coefficient (Wildman–Crippen LogP) is 1.35. The zero-order chi connectivity index (χ0) is 18.4. The van der Waals surface area contributed by atoms with E-state index in [1.165, 1.54) is 4.31 Å². The summed E-state index contributed by atoms with van der Waals surface area (Å²) in [5, 5.41) is 3.91. The summed E-state index contributed by atoms with van der Waals surface area (Å²) in [5.41, 5.74) is 1.07. The van der Waals surface area contributed by atoms with E-state index in [0.717, 1.165) is 18.4 Å². The summed E-state index contributed by atoms with van der Waals surface area (Å²) in [6, 6.07) is 9.79. The first-order chi connectivity index (χ1) is 12.6. The molecule has 2 aromatic rings. The molecule has 1 aromatic heterocycles. The third-order valence-electron chi connectivity index (χ3n) is 4.35. The minimum atomic E-state index is -3.58. The fourth-order valence-electron chi connectivity index (χ4n) is 3.07. The van der Waals surface area contributed by atoms with Gasteiger partial charge < -0.3 is 9.26 Å². The zero-order valence-corrected chi connectivity index (χ0v) is 15.6. The van der Waals surface area contributed by atoms with Gasteiger partial charge in [0, 0.05) is 26.6 Å². The van der Waals surface area contributed by atoms with E-state index in [9.17, 15) is 8.42 Å². The summed E-state index contributed by atoms with van der Waals surface area (Å²) < 4.78 is 39.3. The van der Waals surface area contributed by atoms with E-state index in [1.807, 2.05) is 30.3 Å². The molecule has 1 unspecified atom stereocenters. The van der Waals surface area contributed by atoms with Crippen molar-refractivity contribution >= 4 is 10.2 Å². The van der Waals surface area contributed by atoms with Gasteiger partial charge in [0.25, 0.3) is 10.2 Å². The molecule has 0 aliphatic carbocycles. The number of benzene rings is 1. The number of methoxy groups -OCH3 is 1. The van der Waals surface area contributed by atoms with Crippen LogP contribution in [0, 0.1) is 5.92 Å². The second kappa shape index (κ2) is 8.72. The van der Waals surface area contributed by atoms with E-state index in [0.29, 0.717) is 31.9 Å². The van der Waals surface area contributed by atoms with Gasteiger partial charge in [-0.25, -0.2) is 0 Å². The monoisotopic (exact) mass is 380 g/mol. The van der Waals surface area contributed by atoms with Gasteiger partial charge in [-0.05, 0) is 24.3 Å². The molecule has 1 aliphatic rings. The van der Waals surface area contributed by atoms with Crippen LogP contribution >= 0.6 is 0 Å². The summed E-state index contributed by atoms with van der Waals surface area (Å²) in [4.78, 5) is 4.25. The first-order valence-electron chi connectivity index (χ1n) is 8.66. The van der Waals surface area contributed by atoms with Crippen molar-refractivity contribution in [2.75, 3.05) is 26.8 Å². The van der Waals surface area contributed by atoms with Crippen LogP contribution in [0.5, 0.6) is 0 Å². The molecule has 0 spiro atoms. The maximum atomic E-state index is 12.5. The third-order valence-corrected chi connectivity index (χ3v) is 5.87. The second-order valence-corrected chi connectivity index (χ2v) is 8.17. The Balaban J connectivity index is 1.54. The van der Waals surface area contributed by atoms with Crippen LogP contribution in [0.1, 0.15) is 30.1 Å². The van der Waals surface area contributed by atoms with Crippen molar-refractivity contribution < 1.29 is 17.7 Å². The largest absolute Gasteiger partial charge is 0.384 e. The quantitative estimate of drug-likeness (QED) is 0.742.